The minimum absolute atomic E-state index is 0.0247. The zero-order chi connectivity index (χ0) is 25.5. The van der Waals surface area contributed by atoms with Crippen LogP contribution in [0.25, 0.3) is 17.2 Å². The first-order chi connectivity index (χ1) is 17.4. The van der Waals surface area contributed by atoms with Crippen LogP contribution in [0.1, 0.15) is 54.7 Å². The number of hydrogen-bond donors (Lipinski definition) is 1. The summed E-state index contributed by atoms with van der Waals surface area (Å²) in [6.45, 7) is 12.0. The average molecular weight is 484 g/mol. The van der Waals surface area contributed by atoms with Crippen molar-refractivity contribution in [3.63, 3.8) is 0 Å². The maximum absolute atomic E-state index is 13.7. The summed E-state index contributed by atoms with van der Waals surface area (Å²) < 4.78 is 0. The van der Waals surface area contributed by atoms with Crippen LogP contribution in [0, 0.1) is 5.92 Å². The molecule has 1 aliphatic heterocycles. The Hall–Kier alpha value is -3.44. The van der Waals surface area contributed by atoms with Gasteiger partial charge in [0, 0.05) is 31.9 Å². The molecule has 0 bridgehead atoms. The molecule has 1 amide bonds. The number of phenols is 1. The molecule has 1 saturated heterocycles. The number of benzene rings is 2. The second-order valence-electron chi connectivity index (χ2n) is 10.1. The van der Waals surface area contributed by atoms with Gasteiger partial charge in [0.2, 0.25) is 0 Å². The molecule has 5 heteroatoms. The molecule has 1 aromatic heterocycles. The molecular weight excluding hydrogens is 446 g/mol. The van der Waals surface area contributed by atoms with E-state index in [2.05, 4.69) is 54.6 Å². The van der Waals surface area contributed by atoms with E-state index >= 15 is 0 Å². The van der Waals surface area contributed by atoms with Gasteiger partial charge in [0.1, 0.15) is 11.4 Å². The molecule has 36 heavy (non-hydrogen) atoms. The highest BCUT2D eigenvalue weighted by Crippen LogP contribution is 2.26. The highest BCUT2D eigenvalue weighted by atomic mass is 16.3. The van der Waals surface area contributed by atoms with E-state index in [0.29, 0.717) is 18.2 Å². The Morgan fingerprint density at radius 2 is 1.86 bits per heavy atom. The molecule has 5 nitrogen and oxygen atoms in total. The van der Waals surface area contributed by atoms with Crippen LogP contribution in [0.15, 0.2) is 73.4 Å². The second-order valence-corrected chi connectivity index (χ2v) is 10.1. The predicted molar refractivity (Wildman–Crippen MR) is 147 cm³/mol. The number of amides is 1. The van der Waals surface area contributed by atoms with Crippen molar-refractivity contribution in [2.75, 3.05) is 19.6 Å². The summed E-state index contributed by atoms with van der Waals surface area (Å²) in [7, 11) is 0. The van der Waals surface area contributed by atoms with Crippen LogP contribution >= 0.6 is 0 Å². The molecule has 0 radical (unpaired) electrons. The van der Waals surface area contributed by atoms with Crippen LogP contribution in [0.5, 0.6) is 5.75 Å². The largest absolute Gasteiger partial charge is 0.508 e. The summed E-state index contributed by atoms with van der Waals surface area (Å²) in [5.74, 6) is 0.930. The molecule has 2 heterocycles. The maximum atomic E-state index is 13.7. The van der Waals surface area contributed by atoms with Crippen molar-refractivity contribution in [1.82, 2.24) is 14.8 Å². The van der Waals surface area contributed by atoms with Gasteiger partial charge in [0.25, 0.3) is 5.91 Å². The van der Waals surface area contributed by atoms with Gasteiger partial charge >= 0.3 is 0 Å². The molecule has 3 aromatic rings. The standard InChI is InChI=1S/C31H37N3O2/c1-4-24-10-13-30(32-21-24)31(36)34(28-15-18-33(19-16-28)17-14-23(2)3)22-25-8-11-26(12-9-25)27-6-5-7-29(35)20-27/h4-13,20-21,23,28,35H,1,14-19,22H2,2-3H3. The molecule has 4 rings (SSSR count). The quantitative estimate of drug-likeness (QED) is 0.391. The van der Waals surface area contributed by atoms with Crippen molar-refractivity contribution in [2.24, 2.45) is 5.92 Å². The van der Waals surface area contributed by atoms with E-state index in [1.54, 1.807) is 30.5 Å². The van der Waals surface area contributed by atoms with Crippen molar-refractivity contribution in [3.8, 4) is 16.9 Å². The van der Waals surface area contributed by atoms with Gasteiger partial charge in [-0.2, -0.15) is 0 Å². The number of likely N-dealkylation sites (tertiary alicyclic amines) is 1. The predicted octanol–water partition coefficient (Wildman–Crippen LogP) is 6.25. The van der Waals surface area contributed by atoms with E-state index in [1.807, 2.05) is 23.1 Å². The van der Waals surface area contributed by atoms with Gasteiger partial charge in [0.15, 0.2) is 0 Å². The lowest BCUT2D eigenvalue weighted by Gasteiger charge is -2.38. The number of carbonyl (C=O) groups excluding carboxylic acids is 1. The third-order valence-electron chi connectivity index (χ3n) is 7.01. The summed E-state index contributed by atoms with van der Waals surface area (Å²) in [5, 5.41) is 9.81. The Balaban J connectivity index is 1.51. The molecule has 0 spiro atoms. The third kappa shape index (κ3) is 6.61. The summed E-state index contributed by atoms with van der Waals surface area (Å²) in [5.41, 5.74) is 4.46. The highest BCUT2D eigenvalue weighted by Gasteiger charge is 2.29. The fraction of sp³-hybridized carbons (Fsp3) is 0.355. The van der Waals surface area contributed by atoms with E-state index in [4.69, 9.17) is 0 Å². The Morgan fingerprint density at radius 3 is 2.47 bits per heavy atom. The van der Waals surface area contributed by atoms with Gasteiger partial charge < -0.3 is 14.9 Å². The van der Waals surface area contributed by atoms with Gasteiger partial charge in [-0.05, 0) is 72.2 Å². The number of hydrogen-bond acceptors (Lipinski definition) is 4. The van der Waals surface area contributed by atoms with Gasteiger partial charge in [-0.15, -0.1) is 0 Å². The summed E-state index contributed by atoms with van der Waals surface area (Å²) in [4.78, 5) is 22.6. The Kier molecular flexibility index (Phi) is 8.55. The van der Waals surface area contributed by atoms with Crippen LogP contribution in [0.2, 0.25) is 0 Å². The van der Waals surface area contributed by atoms with Gasteiger partial charge in [-0.25, -0.2) is 0 Å². The van der Waals surface area contributed by atoms with Crippen molar-refractivity contribution < 1.29 is 9.90 Å². The first kappa shape index (κ1) is 25.6. The molecule has 2 aromatic carbocycles. The van der Waals surface area contributed by atoms with Crippen molar-refractivity contribution in [3.05, 3.63) is 90.3 Å². The topological polar surface area (TPSA) is 56.7 Å². The Bertz CT molecular complexity index is 1150. The second kappa shape index (κ2) is 12.0. The normalized spacial score (nSPS) is 14.6. The van der Waals surface area contributed by atoms with Crippen LogP contribution in [0.4, 0.5) is 0 Å². The van der Waals surface area contributed by atoms with Crippen molar-refractivity contribution in [2.45, 2.75) is 45.7 Å². The number of piperidine rings is 1. The average Bonchev–Trinajstić information content (AvgIpc) is 2.91. The smallest absolute Gasteiger partial charge is 0.272 e. The van der Waals surface area contributed by atoms with Crippen LogP contribution in [-0.2, 0) is 6.54 Å². The lowest BCUT2D eigenvalue weighted by molar-refractivity contribution is 0.0540. The van der Waals surface area contributed by atoms with Crippen LogP contribution in [-0.4, -0.2) is 51.5 Å². The molecule has 0 atom stereocenters. The maximum Gasteiger partial charge on any atom is 0.272 e. The number of pyridine rings is 1. The SMILES string of the molecule is C=Cc1ccc(C(=O)N(Cc2ccc(-c3cccc(O)c3)cc2)C2CCN(CCC(C)C)CC2)nc1. The molecular formula is C31H37N3O2. The van der Waals surface area contributed by atoms with Crippen LogP contribution in [0.3, 0.4) is 0 Å². The zero-order valence-corrected chi connectivity index (χ0v) is 21.4. The minimum Gasteiger partial charge on any atom is -0.508 e. The number of aromatic nitrogens is 1. The third-order valence-corrected chi connectivity index (χ3v) is 7.01. The lowest BCUT2D eigenvalue weighted by atomic mass is 9.99. The molecule has 0 saturated carbocycles. The van der Waals surface area contributed by atoms with E-state index in [1.165, 1.54) is 6.42 Å². The lowest BCUT2D eigenvalue weighted by Crippen LogP contribution is -2.47. The summed E-state index contributed by atoms with van der Waals surface area (Å²) in [6.07, 6.45) is 6.58. The Labute approximate surface area is 215 Å². The molecule has 188 valence electrons. The first-order valence-electron chi connectivity index (χ1n) is 12.9. The Morgan fingerprint density at radius 1 is 1.11 bits per heavy atom. The van der Waals surface area contributed by atoms with Gasteiger partial charge in [-0.1, -0.05) is 69.0 Å². The van der Waals surface area contributed by atoms with E-state index in [-0.39, 0.29) is 17.7 Å². The number of rotatable bonds is 9. The van der Waals surface area contributed by atoms with Gasteiger partial charge in [0.05, 0.1) is 0 Å². The van der Waals surface area contributed by atoms with E-state index in [0.717, 1.165) is 54.7 Å². The summed E-state index contributed by atoms with van der Waals surface area (Å²) >= 11 is 0. The molecule has 0 aliphatic carbocycles. The number of aromatic hydroxyl groups is 1. The fourth-order valence-electron chi connectivity index (χ4n) is 4.75. The monoisotopic (exact) mass is 483 g/mol. The van der Waals surface area contributed by atoms with Crippen molar-refractivity contribution in [1.29, 1.82) is 0 Å². The number of nitrogens with zero attached hydrogens (tertiary/aromatic N) is 3. The molecule has 1 N–H and O–H groups in total. The zero-order valence-electron chi connectivity index (χ0n) is 21.4. The summed E-state index contributed by atoms with van der Waals surface area (Å²) in [6, 6.07) is 19.4. The number of phenolic OH excluding ortho intramolecular Hbond substituents is 1. The molecule has 1 aliphatic rings. The van der Waals surface area contributed by atoms with E-state index in [9.17, 15) is 9.90 Å². The van der Waals surface area contributed by atoms with Crippen LogP contribution < -0.4 is 0 Å². The first-order valence-corrected chi connectivity index (χ1v) is 12.9. The molecule has 0 unspecified atom stereocenters. The minimum atomic E-state index is -0.0247. The fourth-order valence-corrected chi connectivity index (χ4v) is 4.75. The number of carbonyl (C=O) groups is 1. The highest BCUT2D eigenvalue weighted by molar-refractivity contribution is 5.92. The van der Waals surface area contributed by atoms with Crippen molar-refractivity contribution >= 4 is 12.0 Å². The van der Waals surface area contributed by atoms with Gasteiger partial charge in [-0.3, -0.25) is 9.78 Å². The van der Waals surface area contributed by atoms with E-state index < -0.39 is 0 Å². The molecule has 1 fully saturated rings.